The van der Waals surface area contributed by atoms with Crippen molar-refractivity contribution in [3.05, 3.63) is 34.5 Å². The molecule has 0 fully saturated rings. The number of benzene rings is 1. The molecule has 80 valence electrons. The van der Waals surface area contributed by atoms with Crippen molar-refractivity contribution < 1.29 is 10.0 Å². The highest BCUT2D eigenvalue weighted by atomic mass is 16.8. The fraction of sp³-hybridized carbons (Fsp3) is 0.364. The van der Waals surface area contributed by atoms with Gasteiger partial charge in [0.05, 0.1) is 5.69 Å². The maximum Gasteiger partial charge on any atom is 0.127 e. The highest BCUT2D eigenvalue weighted by Gasteiger charge is 2.19. The zero-order valence-electron chi connectivity index (χ0n) is 8.22. The van der Waals surface area contributed by atoms with Gasteiger partial charge in [0.1, 0.15) is 6.29 Å². The first kappa shape index (κ1) is 10.1. The number of hydrogen-bond donors (Lipinski definition) is 1. The number of carbonyl (C=O) groups is 1. The van der Waals surface area contributed by atoms with E-state index in [1.807, 2.05) is 0 Å². The number of hydrogen-bond acceptors (Lipinski definition) is 4. The van der Waals surface area contributed by atoms with Gasteiger partial charge in [0, 0.05) is 5.92 Å². The van der Waals surface area contributed by atoms with Crippen molar-refractivity contribution in [2.24, 2.45) is 0 Å². The van der Waals surface area contributed by atoms with Gasteiger partial charge in [0.15, 0.2) is 0 Å². The van der Waals surface area contributed by atoms with E-state index in [1.54, 1.807) is 18.2 Å². The first-order chi connectivity index (χ1) is 7.22. The molecular weight excluding hydrogens is 194 g/mol. The van der Waals surface area contributed by atoms with E-state index in [1.165, 1.54) is 0 Å². The van der Waals surface area contributed by atoms with E-state index in [0.717, 1.165) is 36.7 Å². The summed E-state index contributed by atoms with van der Waals surface area (Å²) in [6, 6.07) is 4.97. The highest BCUT2D eigenvalue weighted by molar-refractivity contribution is 5.66. The lowest BCUT2D eigenvalue weighted by Crippen LogP contribution is -2.13. The average molecular weight is 206 g/mol. The van der Waals surface area contributed by atoms with E-state index in [-0.39, 0.29) is 16.8 Å². The second-order valence-electron chi connectivity index (χ2n) is 3.79. The normalized spacial score (nSPS) is 19.5. The van der Waals surface area contributed by atoms with Crippen molar-refractivity contribution in [2.75, 3.05) is 5.23 Å². The fourth-order valence-electron chi connectivity index (χ4n) is 2.08. The smallest absolute Gasteiger partial charge is 0.127 e. The summed E-state index contributed by atoms with van der Waals surface area (Å²) in [7, 11) is 0. The number of rotatable bonds is 2. The summed E-state index contributed by atoms with van der Waals surface area (Å²) >= 11 is 0. The largest absolute Gasteiger partial charge is 0.733 e. The second kappa shape index (κ2) is 4.00. The van der Waals surface area contributed by atoms with E-state index >= 15 is 0 Å². The van der Waals surface area contributed by atoms with Crippen LogP contribution in [0.15, 0.2) is 18.2 Å². The van der Waals surface area contributed by atoms with Crippen molar-refractivity contribution in [1.82, 2.24) is 0 Å². The van der Waals surface area contributed by atoms with Gasteiger partial charge in [-0.2, -0.15) is 0 Å². The van der Waals surface area contributed by atoms with Crippen LogP contribution >= 0.6 is 0 Å². The molecular formula is C11H12NO3-. The summed E-state index contributed by atoms with van der Waals surface area (Å²) in [6.45, 7) is 0. The van der Waals surface area contributed by atoms with E-state index in [4.69, 9.17) is 5.21 Å². The van der Waals surface area contributed by atoms with Gasteiger partial charge in [-0.25, -0.2) is 0 Å². The molecule has 0 aromatic heterocycles. The van der Waals surface area contributed by atoms with Crippen molar-refractivity contribution in [3.63, 3.8) is 0 Å². The third-order valence-corrected chi connectivity index (χ3v) is 2.88. The maximum atomic E-state index is 10.8. The van der Waals surface area contributed by atoms with Crippen molar-refractivity contribution >= 4 is 12.0 Å². The van der Waals surface area contributed by atoms with E-state index in [9.17, 15) is 10.0 Å². The van der Waals surface area contributed by atoms with E-state index < -0.39 is 0 Å². The lowest BCUT2D eigenvalue weighted by Gasteiger charge is -2.26. The summed E-state index contributed by atoms with van der Waals surface area (Å²) in [6.07, 6.45) is 3.67. The monoisotopic (exact) mass is 206 g/mol. The number of aldehydes is 1. The van der Waals surface area contributed by atoms with Crippen LogP contribution in [0.5, 0.6) is 0 Å². The Morgan fingerprint density at radius 2 is 2.33 bits per heavy atom. The van der Waals surface area contributed by atoms with Crippen molar-refractivity contribution in [1.29, 1.82) is 0 Å². The molecule has 1 atom stereocenters. The number of fused-ring (bicyclic) bond motifs is 1. The molecule has 0 amide bonds. The van der Waals surface area contributed by atoms with Crippen LogP contribution in [0.25, 0.3) is 0 Å². The molecule has 0 heterocycles. The molecule has 0 spiro atoms. The van der Waals surface area contributed by atoms with Gasteiger partial charge >= 0.3 is 0 Å². The van der Waals surface area contributed by atoms with Crippen LogP contribution in [0.3, 0.4) is 0 Å². The quantitative estimate of drug-likeness (QED) is 0.593. The molecule has 4 nitrogen and oxygen atoms in total. The highest BCUT2D eigenvalue weighted by Crippen LogP contribution is 2.32. The Balaban J connectivity index is 2.43. The van der Waals surface area contributed by atoms with Crippen LogP contribution in [-0.4, -0.2) is 11.5 Å². The molecule has 0 saturated carbocycles. The van der Waals surface area contributed by atoms with Gasteiger partial charge in [-0.3, -0.25) is 5.21 Å². The zero-order chi connectivity index (χ0) is 10.8. The minimum Gasteiger partial charge on any atom is -0.733 e. The molecule has 1 aliphatic rings. The number of nitrogens with zero attached hydrogens (tertiary/aromatic N) is 1. The third kappa shape index (κ3) is 1.86. The lowest BCUT2D eigenvalue weighted by molar-refractivity contribution is -0.109. The number of anilines is 1. The summed E-state index contributed by atoms with van der Waals surface area (Å²) in [5, 5.41) is 19.3. The molecule has 0 aliphatic heterocycles. The summed E-state index contributed by atoms with van der Waals surface area (Å²) in [5.74, 6) is -0.131. The minimum atomic E-state index is -0.170. The Hall–Kier alpha value is -1.39. The lowest BCUT2D eigenvalue weighted by atomic mass is 9.83. The molecule has 2 rings (SSSR count). The van der Waals surface area contributed by atoms with Crippen molar-refractivity contribution in [2.45, 2.75) is 25.2 Å². The van der Waals surface area contributed by atoms with Gasteiger partial charge in [0.25, 0.3) is 0 Å². The zero-order valence-corrected chi connectivity index (χ0v) is 8.22. The Morgan fingerprint density at radius 3 is 3.00 bits per heavy atom. The molecule has 0 saturated heterocycles. The molecule has 1 unspecified atom stereocenters. The topological polar surface area (TPSA) is 63.6 Å². The first-order valence-electron chi connectivity index (χ1n) is 4.96. The number of carbonyl (C=O) groups excluding carboxylic acids is 1. The molecule has 1 aromatic carbocycles. The number of aryl methyl sites for hydroxylation is 1. The Bertz CT molecular complexity index is 376. The molecule has 1 aliphatic carbocycles. The first-order valence-corrected chi connectivity index (χ1v) is 4.96. The van der Waals surface area contributed by atoms with Gasteiger partial charge in [0.2, 0.25) is 0 Å². The molecule has 0 radical (unpaired) electrons. The van der Waals surface area contributed by atoms with Crippen LogP contribution in [0.2, 0.25) is 0 Å². The Morgan fingerprint density at radius 1 is 1.53 bits per heavy atom. The Kier molecular flexibility index (Phi) is 2.70. The van der Waals surface area contributed by atoms with Crippen LogP contribution in [0.4, 0.5) is 5.69 Å². The fourth-order valence-corrected chi connectivity index (χ4v) is 2.08. The van der Waals surface area contributed by atoms with Crippen molar-refractivity contribution in [3.8, 4) is 0 Å². The Labute approximate surface area is 87.7 Å². The summed E-state index contributed by atoms with van der Waals surface area (Å²) < 4.78 is 0. The minimum absolute atomic E-state index is 0.131. The van der Waals surface area contributed by atoms with Gasteiger partial charge < -0.3 is 15.2 Å². The average Bonchev–Trinajstić information content (AvgIpc) is 2.27. The van der Waals surface area contributed by atoms with E-state index in [0.29, 0.717) is 0 Å². The summed E-state index contributed by atoms with van der Waals surface area (Å²) in [4.78, 5) is 10.8. The predicted molar refractivity (Wildman–Crippen MR) is 55.8 cm³/mol. The van der Waals surface area contributed by atoms with E-state index in [2.05, 4.69) is 0 Å². The van der Waals surface area contributed by atoms with Crippen LogP contribution < -0.4 is 5.23 Å². The van der Waals surface area contributed by atoms with Gasteiger partial charge in [-0.05, 0) is 42.5 Å². The van der Waals surface area contributed by atoms with Crippen LogP contribution in [0, 0.1) is 5.21 Å². The van der Waals surface area contributed by atoms with Gasteiger partial charge in [-0.15, -0.1) is 0 Å². The molecule has 1 N–H and O–H groups in total. The SMILES string of the molecule is O=CC1CCCc2ccc(N([O-])O)cc21. The second-order valence-corrected chi connectivity index (χ2v) is 3.79. The maximum absolute atomic E-state index is 10.8. The summed E-state index contributed by atoms with van der Waals surface area (Å²) in [5.41, 5.74) is 2.16. The predicted octanol–water partition coefficient (Wildman–Crippen LogP) is 2.00. The standard InChI is InChI=1S/C11H12NO3/c13-7-9-3-1-2-8-4-5-10(12(14)15)6-11(8)9/h4-7,9,14H,1-3H2/q-1. The molecule has 4 heteroatoms. The molecule has 15 heavy (non-hydrogen) atoms. The molecule has 1 aromatic rings. The van der Waals surface area contributed by atoms with Crippen LogP contribution in [0.1, 0.15) is 29.9 Å². The third-order valence-electron chi connectivity index (χ3n) is 2.88. The van der Waals surface area contributed by atoms with Crippen LogP contribution in [-0.2, 0) is 11.2 Å². The van der Waals surface area contributed by atoms with Gasteiger partial charge in [-0.1, -0.05) is 6.07 Å². The molecule has 0 bridgehead atoms.